The van der Waals surface area contributed by atoms with Gasteiger partial charge in [0.15, 0.2) is 0 Å². The van der Waals surface area contributed by atoms with Crippen LogP contribution in [-0.2, 0) is 11.2 Å². The van der Waals surface area contributed by atoms with E-state index in [4.69, 9.17) is 17.1 Å². The Kier molecular flexibility index (Phi) is 7.08. The second kappa shape index (κ2) is 10.1. The first kappa shape index (κ1) is 21.7. The minimum atomic E-state index is -0.473. The molecule has 0 fully saturated rings. The summed E-state index contributed by atoms with van der Waals surface area (Å²) in [7, 11) is 0. The zero-order chi connectivity index (χ0) is 22.2. The van der Waals surface area contributed by atoms with Gasteiger partial charge in [0.05, 0.1) is 5.69 Å². The molecule has 2 aromatic carbocycles. The molecule has 0 aliphatic heterocycles. The topological polar surface area (TPSA) is 80.0 Å². The van der Waals surface area contributed by atoms with Crippen LogP contribution >= 0.6 is 0 Å². The van der Waals surface area contributed by atoms with Gasteiger partial charge in [0.1, 0.15) is 5.82 Å². The summed E-state index contributed by atoms with van der Waals surface area (Å²) in [5, 5.41) is 6.05. The standard InChI is InChI=1S/C26H26N4O/c1-4-26(31)29-23-12-10-22(11-13-23)24-16-21(15-20-8-6-5-7-9-20)17-25(30-24)28-19(3)14-18(2)27/h1,5-14,16-17,19H,15,27H2,2-3H3,(H,28,30)(H,29,31)/b18-14-. The average Bonchev–Trinajstić information content (AvgIpc) is 2.74. The van der Waals surface area contributed by atoms with Crippen LogP contribution in [0.2, 0.25) is 0 Å². The van der Waals surface area contributed by atoms with Crippen molar-refractivity contribution in [3.05, 3.63) is 89.6 Å². The summed E-state index contributed by atoms with van der Waals surface area (Å²) < 4.78 is 0. The summed E-state index contributed by atoms with van der Waals surface area (Å²) in [6.45, 7) is 3.90. The maximum Gasteiger partial charge on any atom is 0.300 e. The van der Waals surface area contributed by atoms with Crippen molar-refractivity contribution in [2.45, 2.75) is 26.3 Å². The summed E-state index contributed by atoms with van der Waals surface area (Å²) in [4.78, 5) is 16.2. The molecule has 1 aromatic heterocycles. The number of anilines is 2. The fraction of sp³-hybridized carbons (Fsp3) is 0.154. The SMILES string of the molecule is C#CC(=O)Nc1ccc(-c2cc(Cc3ccccc3)cc(NC(C)/C=C(/C)N)n2)cc1. The molecular weight excluding hydrogens is 384 g/mol. The third-order valence-corrected chi connectivity index (χ3v) is 4.59. The second-order valence-electron chi connectivity index (χ2n) is 7.43. The van der Waals surface area contributed by atoms with Crippen LogP contribution in [0.4, 0.5) is 11.5 Å². The fourth-order valence-electron chi connectivity index (χ4n) is 3.30. The zero-order valence-corrected chi connectivity index (χ0v) is 17.7. The summed E-state index contributed by atoms with van der Waals surface area (Å²) >= 11 is 0. The minimum absolute atomic E-state index is 0.0404. The first-order valence-electron chi connectivity index (χ1n) is 10.1. The molecule has 5 heteroatoms. The van der Waals surface area contributed by atoms with E-state index in [0.717, 1.165) is 34.8 Å². The number of nitrogens with two attached hydrogens (primary N) is 1. The Balaban J connectivity index is 1.93. The fourth-order valence-corrected chi connectivity index (χ4v) is 3.30. The molecule has 1 atom stereocenters. The highest BCUT2D eigenvalue weighted by Gasteiger charge is 2.09. The number of carbonyl (C=O) groups is 1. The number of allylic oxidation sites excluding steroid dienone is 1. The van der Waals surface area contributed by atoms with E-state index < -0.39 is 5.91 Å². The molecule has 3 aromatic rings. The quantitative estimate of drug-likeness (QED) is 0.498. The lowest BCUT2D eigenvalue weighted by atomic mass is 10.0. The van der Waals surface area contributed by atoms with Gasteiger partial charge in [-0.05, 0) is 67.7 Å². The third-order valence-electron chi connectivity index (χ3n) is 4.59. The van der Waals surface area contributed by atoms with Gasteiger partial charge >= 0.3 is 0 Å². The predicted octanol–water partition coefficient (Wildman–Crippen LogP) is 4.57. The molecule has 0 aliphatic rings. The molecule has 0 bridgehead atoms. The van der Waals surface area contributed by atoms with Crippen LogP contribution < -0.4 is 16.4 Å². The Morgan fingerprint density at radius 2 is 1.84 bits per heavy atom. The number of nitrogens with one attached hydrogen (secondary N) is 2. The summed E-state index contributed by atoms with van der Waals surface area (Å²) in [5.41, 5.74) is 11.4. The van der Waals surface area contributed by atoms with Gasteiger partial charge in [-0.2, -0.15) is 0 Å². The monoisotopic (exact) mass is 410 g/mol. The molecule has 0 spiro atoms. The molecule has 31 heavy (non-hydrogen) atoms. The maximum absolute atomic E-state index is 11.4. The number of aromatic nitrogens is 1. The number of amides is 1. The number of carbonyl (C=O) groups excluding carboxylic acids is 1. The van der Waals surface area contributed by atoms with E-state index in [1.165, 1.54) is 5.56 Å². The van der Waals surface area contributed by atoms with Gasteiger partial charge in [0.2, 0.25) is 0 Å². The lowest BCUT2D eigenvalue weighted by molar-refractivity contribution is -0.111. The van der Waals surface area contributed by atoms with Crippen molar-refractivity contribution >= 4 is 17.4 Å². The Bertz CT molecular complexity index is 1110. The van der Waals surface area contributed by atoms with E-state index in [9.17, 15) is 4.79 Å². The molecule has 156 valence electrons. The number of hydrogen-bond donors (Lipinski definition) is 3. The molecule has 1 amide bonds. The van der Waals surface area contributed by atoms with Gasteiger partial charge < -0.3 is 16.4 Å². The van der Waals surface area contributed by atoms with E-state index in [1.54, 1.807) is 0 Å². The highest BCUT2D eigenvalue weighted by molar-refractivity contribution is 6.03. The van der Waals surface area contributed by atoms with E-state index in [0.29, 0.717) is 5.69 Å². The largest absolute Gasteiger partial charge is 0.402 e. The summed E-state index contributed by atoms with van der Waals surface area (Å²) in [6.07, 6.45) is 7.86. The molecule has 3 rings (SSSR count). The van der Waals surface area contributed by atoms with E-state index in [-0.39, 0.29) is 6.04 Å². The number of terminal acetylenes is 1. The van der Waals surface area contributed by atoms with E-state index >= 15 is 0 Å². The first-order valence-corrected chi connectivity index (χ1v) is 10.1. The molecule has 0 radical (unpaired) electrons. The molecule has 0 aliphatic carbocycles. The van der Waals surface area contributed by atoms with Gasteiger partial charge in [0.25, 0.3) is 5.91 Å². The minimum Gasteiger partial charge on any atom is -0.402 e. The van der Waals surface area contributed by atoms with Crippen molar-refractivity contribution in [2.24, 2.45) is 5.73 Å². The van der Waals surface area contributed by atoms with Crippen LogP contribution in [-0.4, -0.2) is 16.9 Å². The average molecular weight is 411 g/mol. The predicted molar refractivity (Wildman–Crippen MR) is 127 cm³/mol. The first-order chi connectivity index (χ1) is 14.9. The normalized spacial score (nSPS) is 12.0. The van der Waals surface area contributed by atoms with Crippen molar-refractivity contribution in [2.75, 3.05) is 10.6 Å². The van der Waals surface area contributed by atoms with Crippen molar-refractivity contribution in [3.63, 3.8) is 0 Å². The molecular formula is C26H26N4O. The Labute approximate surface area is 183 Å². The van der Waals surface area contributed by atoms with Crippen LogP contribution in [0.3, 0.4) is 0 Å². The number of benzene rings is 2. The summed E-state index contributed by atoms with van der Waals surface area (Å²) in [5.74, 6) is 2.35. The van der Waals surface area contributed by atoms with Crippen molar-refractivity contribution in [1.29, 1.82) is 0 Å². The van der Waals surface area contributed by atoms with Crippen molar-refractivity contribution in [3.8, 4) is 23.6 Å². The molecule has 0 saturated heterocycles. The van der Waals surface area contributed by atoms with Crippen molar-refractivity contribution < 1.29 is 4.79 Å². The highest BCUT2D eigenvalue weighted by atomic mass is 16.1. The molecule has 1 unspecified atom stereocenters. The van der Waals surface area contributed by atoms with Gasteiger partial charge in [-0.3, -0.25) is 4.79 Å². The smallest absolute Gasteiger partial charge is 0.300 e. The van der Waals surface area contributed by atoms with Crippen LogP contribution in [0.5, 0.6) is 0 Å². The van der Waals surface area contributed by atoms with Gasteiger partial charge in [-0.25, -0.2) is 4.98 Å². The highest BCUT2D eigenvalue weighted by Crippen LogP contribution is 2.25. The van der Waals surface area contributed by atoms with Crippen LogP contribution in [0.15, 0.2) is 78.5 Å². The van der Waals surface area contributed by atoms with Gasteiger partial charge in [0, 0.05) is 23.0 Å². The number of hydrogen-bond acceptors (Lipinski definition) is 4. The lowest BCUT2D eigenvalue weighted by Gasteiger charge is -2.15. The van der Waals surface area contributed by atoms with Crippen molar-refractivity contribution in [1.82, 2.24) is 4.98 Å². The molecule has 0 saturated carbocycles. The van der Waals surface area contributed by atoms with Crippen LogP contribution in [0.25, 0.3) is 11.3 Å². The number of nitrogens with zero attached hydrogens (tertiary/aromatic N) is 1. The van der Waals surface area contributed by atoms with Crippen LogP contribution in [0.1, 0.15) is 25.0 Å². The second-order valence-corrected chi connectivity index (χ2v) is 7.43. The van der Waals surface area contributed by atoms with E-state index in [2.05, 4.69) is 34.9 Å². The van der Waals surface area contributed by atoms with Gasteiger partial charge in [-0.1, -0.05) is 42.5 Å². The Morgan fingerprint density at radius 1 is 1.13 bits per heavy atom. The third kappa shape index (κ3) is 6.48. The van der Waals surface area contributed by atoms with Crippen LogP contribution in [0, 0.1) is 12.3 Å². The maximum atomic E-state index is 11.4. The number of pyridine rings is 1. The van der Waals surface area contributed by atoms with Gasteiger partial charge in [-0.15, -0.1) is 6.42 Å². The summed E-state index contributed by atoms with van der Waals surface area (Å²) in [6, 6.07) is 22.0. The number of rotatable bonds is 7. The zero-order valence-electron chi connectivity index (χ0n) is 17.7. The molecule has 1 heterocycles. The Hall–Kier alpha value is -4.04. The molecule has 5 nitrogen and oxygen atoms in total. The van der Waals surface area contributed by atoms with E-state index in [1.807, 2.05) is 68.3 Å². The lowest BCUT2D eigenvalue weighted by Crippen LogP contribution is -2.15. The molecule has 4 N–H and O–H groups in total. The Morgan fingerprint density at radius 3 is 2.48 bits per heavy atom.